The van der Waals surface area contributed by atoms with Gasteiger partial charge >= 0.3 is 6.03 Å². The maximum absolute atomic E-state index is 11.3. The quantitative estimate of drug-likeness (QED) is 0.882. The number of carbonyl (C=O) groups is 1. The van der Waals surface area contributed by atoms with Crippen LogP contribution in [0.1, 0.15) is 11.9 Å². The molecule has 0 bridgehead atoms. The maximum Gasteiger partial charge on any atom is 0.318 e. The summed E-state index contributed by atoms with van der Waals surface area (Å²) in [7, 11) is 1.56. The Hall–Kier alpha value is -2.69. The van der Waals surface area contributed by atoms with Crippen LogP contribution >= 0.6 is 0 Å². The smallest absolute Gasteiger partial charge is 0.318 e. The van der Waals surface area contributed by atoms with Gasteiger partial charge in [0.15, 0.2) is 11.5 Å². The zero-order chi connectivity index (χ0) is 13.9. The van der Waals surface area contributed by atoms with Gasteiger partial charge in [-0.25, -0.2) is 4.79 Å². The summed E-state index contributed by atoms with van der Waals surface area (Å²) in [5, 5.41) is 5.18. The third-order valence-corrected chi connectivity index (χ3v) is 2.97. The summed E-state index contributed by atoms with van der Waals surface area (Å²) < 4.78 is 11.5. The number of ether oxygens (including phenoxy) is 2. The molecule has 2 amide bonds. The Morgan fingerprint density at radius 3 is 2.55 bits per heavy atom. The number of anilines is 1. The van der Waals surface area contributed by atoms with Crippen molar-refractivity contribution in [1.29, 1.82) is 0 Å². The molecule has 0 radical (unpaired) electrons. The first-order chi connectivity index (χ1) is 9.76. The van der Waals surface area contributed by atoms with Gasteiger partial charge in [0.1, 0.15) is 0 Å². The largest absolute Gasteiger partial charge is 0.447 e. The van der Waals surface area contributed by atoms with Crippen LogP contribution in [-0.2, 0) is 0 Å². The number of carbonyl (C=O) groups excluding carboxylic acids is 1. The van der Waals surface area contributed by atoms with Crippen molar-refractivity contribution in [2.45, 2.75) is 6.29 Å². The lowest BCUT2D eigenvalue weighted by atomic mass is 10.2. The molecule has 1 aliphatic rings. The minimum atomic E-state index is -0.443. The molecule has 0 saturated heterocycles. The Morgan fingerprint density at radius 1 is 1.05 bits per heavy atom. The standard InChI is InChI=1S/C15H14N2O3/c1-16-15(18)17-11-7-8-12-13(9-11)20-14(19-12)10-5-3-2-4-6-10/h2-9,14H,1H3,(H2,16,17,18). The van der Waals surface area contributed by atoms with Crippen LogP contribution < -0.4 is 20.1 Å². The van der Waals surface area contributed by atoms with E-state index in [9.17, 15) is 4.79 Å². The van der Waals surface area contributed by atoms with Gasteiger partial charge in [0.25, 0.3) is 6.29 Å². The number of nitrogens with one attached hydrogen (secondary N) is 2. The third kappa shape index (κ3) is 2.38. The number of benzene rings is 2. The summed E-state index contributed by atoms with van der Waals surface area (Å²) in [6.45, 7) is 0. The molecule has 1 heterocycles. The van der Waals surface area contributed by atoms with Gasteiger partial charge in [-0.3, -0.25) is 0 Å². The zero-order valence-corrected chi connectivity index (χ0v) is 10.9. The minimum absolute atomic E-state index is 0.275. The minimum Gasteiger partial charge on any atom is -0.447 e. The molecule has 1 unspecified atom stereocenters. The maximum atomic E-state index is 11.3. The van der Waals surface area contributed by atoms with Crippen LogP contribution in [0.4, 0.5) is 10.5 Å². The highest BCUT2D eigenvalue weighted by Gasteiger charge is 2.25. The van der Waals surface area contributed by atoms with Gasteiger partial charge in [0, 0.05) is 24.4 Å². The molecular weight excluding hydrogens is 256 g/mol. The Bertz CT molecular complexity index is 628. The fraction of sp³-hybridized carbons (Fsp3) is 0.133. The van der Waals surface area contributed by atoms with Crippen molar-refractivity contribution in [3.63, 3.8) is 0 Å². The number of fused-ring (bicyclic) bond motifs is 1. The first kappa shape index (κ1) is 12.3. The number of urea groups is 1. The molecule has 2 aromatic rings. The highest BCUT2D eigenvalue weighted by atomic mass is 16.7. The lowest BCUT2D eigenvalue weighted by Gasteiger charge is -2.09. The molecule has 0 spiro atoms. The molecule has 0 aliphatic carbocycles. The van der Waals surface area contributed by atoms with E-state index in [2.05, 4.69) is 10.6 Å². The molecule has 0 aromatic heterocycles. The summed E-state index contributed by atoms with van der Waals surface area (Å²) in [5.41, 5.74) is 1.60. The van der Waals surface area contributed by atoms with E-state index in [1.807, 2.05) is 30.3 Å². The topological polar surface area (TPSA) is 59.6 Å². The van der Waals surface area contributed by atoms with Gasteiger partial charge in [-0.2, -0.15) is 0 Å². The summed E-state index contributed by atoms with van der Waals surface area (Å²) in [6.07, 6.45) is -0.443. The van der Waals surface area contributed by atoms with Gasteiger partial charge in [-0.1, -0.05) is 30.3 Å². The van der Waals surface area contributed by atoms with Crippen LogP contribution in [0.15, 0.2) is 48.5 Å². The zero-order valence-electron chi connectivity index (χ0n) is 10.9. The van der Waals surface area contributed by atoms with E-state index in [1.165, 1.54) is 0 Å². The van der Waals surface area contributed by atoms with E-state index in [1.54, 1.807) is 25.2 Å². The fourth-order valence-electron chi connectivity index (χ4n) is 1.97. The second kappa shape index (κ2) is 5.13. The van der Waals surface area contributed by atoms with Crippen LogP contribution in [0.5, 0.6) is 11.5 Å². The normalized spacial score (nSPS) is 15.8. The average molecular weight is 270 g/mol. The predicted molar refractivity (Wildman–Crippen MR) is 75.0 cm³/mol. The van der Waals surface area contributed by atoms with Crippen molar-refractivity contribution >= 4 is 11.7 Å². The van der Waals surface area contributed by atoms with Gasteiger partial charge in [-0.05, 0) is 12.1 Å². The molecule has 0 saturated carbocycles. The molecule has 0 fully saturated rings. The molecule has 5 nitrogen and oxygen atoms in total. The average Bonchev–Trinajstić information content (AvgIpc) is 2.91. The molecule has 2 aromatic carbocycles. The van der Waals surface area contributed by atoms with Crippen molar-refractivity contribution < 1.29 is 14.3 Å². The molecule has 20 heavy (non-hydrogen) atoms. The van der Waals surface area contributed by atoms with E-state index < -0.39 is 6.29 Å². The van der Waals surface area contributed by atoms with Crippen LogP contribution in [-0.4, -0.2) is 13.1 Å². The summed E-state index contributed by atoms with van der Waals surface area (Å²) >= 11 is 0. The Morgan fingerprint density at radius 2 is 1.80 bits per heavy atom. The van der Waals surface area contributed by atoms with E-state index >= 15 is 0 Å². The number of hydrogen-bond acceptors (Lipinski definition) is 3. The summed E-state index contributed by atoms with van der Waals surface area (Å²) in [4.78, 5) is 11.3. The van der Waals surface area contributed by atoms with Crippen molar-refractivity contribution in [3.8, 4) is 11.5 Å². The first-order valence-corrected chi connectivity index (χ1v) is 6.27. The lowest BCUT2D eigenvalue weighted by Crippen LogP contribution is -2.24. The van der Waals surface area contributed by atoms with Gasteiger partial charge in [0.2, 0.25) is 0 Å². The van der Waals surface area contributed by atoms with E-state index in [-0.39, 0.29) is 6.03 Å². The van der Waals surface area contributed by atoms with Crippen LogP contribution in [0, 0.1) is 0 Å². The molecule has 2 N–H and O–H groups in total. The van der Waals surface area contributed by atoms with Gasteiger partial charge in [0.05, 0.1) is 0 Å². The van der Waals surface area contributed by atoms with Crippen molar-refractivity contribution in [1.82, 2.24) is 5.32 Å². The second-order valence-corrected chi connectivity index (χ2v) is 4.34. The molecule has 102 valence electrons. The molecule has 5 heteroatoms. The number of rotatable bonds is 2. The molecule has 1 atom stereocenters. The van der Waals surface area contributed by atoms with Crippen molar-refractivity contribution in [2.75, 3.05) is 12.4 Å². The van der Waals surface area contributed by atoms with Gasteiger partial charge in [-0.15, -0.1) is 0 Å². The van der Waals surface area contributed by atoms with Crippen molar-refractivity contribution in [2.24, 2.45) is 0 Å². The Labute approximate surface area is 116 Å². The Balaban J connectivity index is 1.78. The molecule has 1 aliphatic heterocycles. The SMILES string of the molecule is CNC(=O)Nc1ccc2c(c1)OC(c1ccccc1)O2. The third-order valence-electron chi connectivity index (χ3n) is 2.97. The molecule has 3 rings (SSSR count). The Kier molecular flexibility index (Phi) is 3.16. The number of hydrogen-bond donors (Lipinski definition) is 2. The van der Waals surface area contributed by atoms with Crippen LogP contribution in [0.2, 0.25) is 0 Å². The summed E-state index contributed by atoms with van der Waals surface area (Å²) in [5.74, 6) is 1.29. The summed E-state index contributed by atoms with van der Waals surface area (Å²) in [6, 6.07) is 14.7. The number of amides is 2. The van der Waals surface area contributed by atoms with Crippen LogP contribution in [0.25, 0.3) is 0 Å². The fourth-order valence-corrected chi connectivity index (χ4v) is 1.97. The predicted octanol–water partition coefficient (Wildman–Crippen LogP) is 2.91. The highest BCUT2D eigenvalue weighted by Crippen LogP contribution is 2.41. The van der Waals surface area contributed by atoms with E-state index in [4.69, 9.17) is 9.47 Å². The second-order valence-electron chi connectivity index (χ2n) is 4.34. The lowest BCUT2D eigenvalue weighted by molar-refractivity contribution is 0.0487. The molecular formula is C15H14N2O3. The van der Waals surface area contributed by atoms with Crippen LogP contribution in [0.3, 0.4) is 0 Å². The van der Waals surface area contributed by atoms with Gasteiger partial charge < -0.3 is 20.1 Å². The van der Waals surface area contributed by atoms with E-state index in [0.29, 0.717) is 17.2 Å². The van der Waals surface area contributed by atoms with E-state index in [0.717, 1.165) is 5.56 Å². The highest BCUT2D eigenvalue weighted by molar-refractivity contribution is 5.89. The van der Waals surface area contributed by atoms with Crippen molar-refractivity contribution in [3.05, 3.63) is 54.1 Å². The first-order valence-electron chi connectivity index (χ1n) is 6.27. The monoisotopic (exact) mass is 270 g/mol.